The zero-order valence-corrected chi connectivity index (χ0v) is 11.8. The number of ketones is 1. The van der Waals surface area contributed by atoms with Gasteiger partial charge in [0.1, 0.15) is 4.32 Å². The topological polar surface area (TPSA) is 60.4 Å². The summed E-state index contributed by atoms with van der Waals surface area (Å²) in [5.74, 6) is -1.86. The molecule has 20 heavy (non-hydrogen) atoms. The van der Waals surface area contributed by atoms with Gasteiger partial charge in [0.25, 0.3) is 0 Å². The minimum absolute atomic E-state index is 0.0525. The molecule has 2 saturated carbocycles. The fraction of sp³-hybridized carbons (Fsp3) is 0.400. The Bertz CT molecular complexity index is 726. The van der Waals surface area contributed by atoms with Gasteiger partial charge in [-0.1, -0.05) is 40.2 Å². The smallest absolute Gasteiger partial charge is 0.319 e. The lowest BCUT2D eigenvalue weighted by Crippen LogP contribution is -2.47. The van der Waals surface area contributed by atoms with Crippen molar-refractivity contribution < 1.29 is 19.1 Å². The Labute approximate surface area is 122 Å². The normalized spacial score (nSPS) is 46.6. The van der Waals surface area contributed by atoms with Crippen LogP contribution in [0.2, 0.25) is 0 Å². The highest BCUT2D eigenvalue weighted by Gasteiger charge is 2.83. The van der Waals surface area contributed by atoms with E-state index < -0.39 is 28.1 Å². The highest BCUT2D eigenvalue weighted by atomic mass is 79.9. The van der Waals surface area contributed by atoms with E-state index in [9.17, 15) is 14.4 Å². The first-order valence-electron chi connectivity index (χ1n) is 6.65. The van der Waals surface area contributed by atoms with Crippen molar-refractivity contribution in [1.29, 1.82) is 0 Å². The zero-order chi connectivity index (χ0) is 13.8. The van der Waals surface area contributed by atoms with Crippen LogP contribution in [-0.2, 0) is 14.3 Å². The summed E-state index contributed by atoms with van der Waals surface area (Å²) in [7, 11) is 0. The van der Waals surface area contributed by atoms with Gasteiger partial charge in [-0.05, 0) is 23.3 Å². The van der Waals surface area contributed by atoms with Crippen molar-refractivity contribution in [3.63, 3.8) is 0 Å². The summed E-state index contributed by atoms with van der Waals surface area (Å²) in [6.45, 7) is 0. The second-order valence-corrected chi connectivity index (χ2v) is 7.37. The van der Waals surface area contributed by atoms with Crippen molar-refractivity contribution in [3.8, 4) is 0 Å². The van der Waals surface area contributed by atoms with Crippen molar-refractivity contribution in [2.24, 2.45) is 23.7 Å². The number of benzene rings is 1. The maximum Gasteiger partial charge on any atom is 0.319 e. The summed E-state index contributed by atoms with van der Waals surface area (Å²) in [5, 5.41) is 0. The first kappa shape index (κ1) is 11.2. The number of rotatable bonds is 0. The van der Waals surface area contributed by atoms with E-state index in [0.29, 0.717) is 5.56 Å². The van der Waals surface area contributed by atoms with E-state index in [1.807, 2.05) is 24.3 Å². The number of ether oxygens (including phenoxy) is 1. The Morgan fingerprint density at radius 3 is 2.60 bits per heavy atom. The molecular weight excluding hydrogens is 324 g/mol. The molecule has 4 nitrogen and oxygen atoms in total. The van der Waals surface area contributed by atoms with E-state index >= 15 is 0 Å². The Morgan fingerprint density at radius 2 is 1.80 bits per heavy atom. The fourth-order valence-electron chi connectivity index (χ4n) is 4.75. The molecule has 1 aromatic carbocycles. The molecule has 4 aliphatic rings. The van der Waals surface area contributed by atoms with Gasteiger partial charge in [0.05, 0.1) is 11.8 Å². The first-order valence-corrected chi connectivity index (χ1v) is 7.44. The number of carbonyl (C=O) groups excluding carboxylic acids is 3. The number of esters is 2. The number of Topliss-reactive ketones (excluding diaryl/α,β-unsaturated/α-hetero) is 1. The third-order valence-electron chi connectivity index (χ3n) is 5.43. The van der Waals surface area contributed by atoms with E-state index in [1.54, 1.807) is 0 Å². The monoisotopic (exact) mass is 332 g/mol. The predicted molar refractivity (Wildman–Crippen MR) is 70.2 cm³/mol. The number of fused-ring (bicyclic) bond motifs is 6. The molecule has 0 bridgehead atoms. The van der Waals surface area contributed by atoms with Crippen molar-refractivity contribution in [1.82, 2.24) is 0 Å². The van der Waals surface area contributed by atoms with Crippen molar-refractivity contribution in [2.75, 3.05) is 0 Å². The van der Waals surface area contributed by atoms with Gasteiger partial charge in [-0.25, -0.2) is 0 Å². The maximum absolute atomic E-state index is 12.9. The highest BCUT2D eigenvalue weighted by Crippen LogP contribution is 2.78. The fourth-order valence-corrected chi connectivity index (χ4v) is 6.03. The average molecular weight is 333 g/mol. The minimum atomic E-state index is -0.940. The molecule has 0 radical (unpaired) electrons. The van der Waals surface area contributed by atoms with E-state index in [2.05, 4.69) is 15.9 Å². The van der Waals surface area contributed by atoms with Crippen LogP contribution in [0.3, 0.4) is 0 Å². The first-order chi connectivity index (χ1) is 9.56. The molecule has 100 valence electrons. The third-order valence-corrected chi connectivity index (χ3v) is 6.81. The van der Waals surface area contributed by atoms with Crippen LogP contribution in [0.1, 0.15) is 21.8 Å². The Morgan fingerprint density at radius 1 is 1.05 bits per heavy atom. The average Bonchev–Trinajstić information content (AvgIpc) is 3.01. The van der Waals surface area contributed by atoms with Crippen molar-refractivity contribution in [2.45, 2.75) is 10.2 Å². The number of halogens is 1. The molecule has 0 spiro atoms. The molecule has 1 heterocycles. The zero-order valence-electron chi connectivity index (χ0n) is 10.2. The third kappa shape index (κ3) is 0.925. The van der Waals surface area contributed by atoms with Crippen LogP contribution in [0.15, 0.2) is 24.3 Å². The molecule has 1 aromatic rings. The van der Waals surface area contributed by atoms with E-state index in [4.69, 9.17) is 4.74 Å². The number of hydrogen-bond donors (Lipinski definition) is 0. The summed E-state index contributed by atoms with van der Waals surface area (Å²) in [4.78, 5) is 36.8. The SMILES string of the molecule is O=C1OC(=O)C2C1C1C3c4ccccc4C(=O)C2(Br)C31. The van der Waals surface area contributed by atoms with Crippen LogP contribution < -0.4 is 0 Å². The van der Waals surface area contributed by atoms with Gasteiger partial charge in [-0.3, -0.25) is 14.4 Å². The van der Waals surface area contributed by atoms with Gasteiger partial charge in [-0.2, -0.15) is 0 Å². The molecular formula is C15H9BrO4. The Hall–Kier alpha value is -1.49. The number of cyclic esters (lactones) is 2. The van der Waals surface area contributed by atoms with Crippen LogP contribution >= 0.6 is 15.9 Å². The number of alkyl halides is 1. The summed E-state index contributed by atoms with van der Waals surface area (Å²) >= 11 is 3.55. The van der Waals surface area contributed by atoms with Gasteiger partial charge in [-0.15, -0.1) is 0 Å². The Kier molecular flexibility index (Phi) is 1.71. The lowest BCUT2D eigenvalue weighted by molar-refractivity contribution is -0.154. The molecule has 1 aliphatic heterocycles. The number of carbonyl (C=O) groups is 3. The second kappa shape index (κ2) is 3.06. The molecule has 5 heteroatoms. The summed E-state index contributed by atoms with van der Waals surface area (Å²) in [6, 6.07) is 7.51. The molecule has 3 aliphatic carbocycles. The quantitative estimate of drug-likeness (QED) is 0.412. The standard InChI is InChI=1S/C15H9BrO4/c16-15-10-7(5-3-1-2-4-6(5)12(15)17)8(10)9-11(15)14(19)20-13(9)18/h1-4,7-11H. The van der Waals surface area contributed by atoms with Crippen LogP contribution in [-0.4, -0.2) is 22.0 Å². The molecule has 0 amide bonds. The van der Waals surface area contributed by atoms with Crippen molar-refractivity contribution >= 4 is 33.7 Å². The van der Waals surface area contributed by atoms with Crippen LogP contribution in [0.5, 0.6) is 0 Å². The lowest BCUT2D eigenvalue weighted by atomic mass is 9.73. The van der Waals surface area contributed by atoms with E-state index in [-0.39, 0.29) is 23.5 Å². The molecule has 3 fully saturated rings. The molecule has 6 unspecified atom stereocenters. The molecule has 5 rings (SSSR count). The molecule has 1 saturated heterocycles. The van der Waals surface area contributed by atoms with Gasteiger partial charge in [0, 0.05) is 5.56 Å². The van der Waals surface area contributed by atoms with Gasteiger partial charge in [0.2, 0.25) is 0 Å². The lowest BCUT2D eigenvalue weighted by Gasteiger charge is -2.34. The maximum atomic E-state index is 12.9. The predicted octanol–water partition coefficient (Wildman–Crippen LogP) is 1.68. The summed E-state index contributed by atoms with van der Waals surface area (Å²) in [5.41, 5.74) is 1.70. The Balaban J connectivity index is 1.78. The minimum Gasteiger partial charge on any atom is -0.393 e. The van der Waals surface area contributed by atoms with Crippen LogP contribution in [0.25, 0.3) is 0 Å². The van der Waals surface area contributed by atoms with Crippen LogP contribution in [0, 0.1) is 23.7 Å². The summed E-state index contributed by atoms with van der Waals surface area (Å²) < 4.78 is 3.85. The largest absolute Gasteiger partial charge is 0.393 e. The van der Waals surface area contributed by atoms with Gasteiger partial charge < -0.3 is 4.74 Å². The highest BCUT2D eigenvalue weighted by molar-refractivity contribution is 9.10. The van der Waals surface area contributed by atoms with Crippen LogP contribution in [0.4, 0.5) is 0 Å². The van der Waals surface area contributed by atoms with E-state index in [1.165, 1.54) is 0 Å². The molecule has 6 atom stereocenters. The van der Waals surface area contributed by atoms with Gasteiger partial charge in [0.15, 0.2) is 5.78 Å². The molecule has 0 aromatic heterocycles. The second-order valence-electron chi connectivity index (χ2n) is 6.06. The van der Waals surface area contributed by atoms with E-state index in [0.717, 1.165) is 5.56 Å². The molecule has 0 N–H and O–H groups in total. The van der Waals surface area contributed by atoms with Gasteiger partial charge >= 0.3 is 11.9 Å². The summed E-state index contributed by atoms with van der Waals surface area (Å²) in [6.07, 6.45) is 0. The number of hydrogen-bond acceptors (Lipinski definition) is 4. The van der Waals surface area contributed by atoms with Crippen molar-refractivity contribution in [3.05, 3.63) is 35.4 Å².